The van der Waals surface area contributed by atoms with Crippen LogP contribution in [-0.2, 0) is 16.1 Å². The van der Waals surface area contributed by atoms with Gasteiger partial charge >= 0.3 is 5.97 Å². The van der Waals surface area contributed by atoms with Crippen LogP contribution in [0.15, 0.2) is 91.0 Å². The largest absolute Gasteiger partial charge is 0.461 e. The van der Waals surface area contributed by atoms with E-state index >= 15 is 0 Å². The van der Waals surface area contributed by atoms with Gasteiger partial charge in [-0.15, -0.1) is 0 Å². The maximum absolute atomic E-state index is 12.8. The van der Waals surface area contributed by atoms with Crippen LogP contribution in [0.2, 0.25) is 0 Å². The minimum atomic E-state index is -0.158. The summed E-state index contributed by atoms with van der Waals surface area (Å²) in [7, 11) is 0. The number of carbonyl (C=O) groups excluding carboxylic acids is 1. The van der Waals surface area contributed by atoms with E-state index in [1.54, 1.807) is 0 Å². The van der Waals surface area contributed by atoms with Crippen molar-refractivity contribution >= 4 is 26.4 Å². The molecule has 4 rings (SSSR count). The van der Waals surface area contributed by atoms with Gasteiger partial charge in [-0.05, 0) is 46.7 Å². The van der Waals surface area contributed by atoms with E-state index in [9.17, 15) is 4.79 Å². The Kier molecular flexibility index (Phi) is 6.28. The third kappa shape index (κ3) is 5.08. The summed E-state index contributed by atoms with van der Waals surface area (Å²) >= 11 is 3.66. The lowest BCUT2D eigenvalue weighted by atomic mass is 10.1. The first-order valence-corrected chi connectivity index (χ1v) is 11.2. The molecular formula is C27H25BrO3. The minimum absolute atomic E-state index is 0.122. The first-order valence-electron chi connectivity index (χ1n) is 10.4. The van der Waals surface area contributed by atoms with E-state index in [4.69, 9.17) is 9.47 Å². The molecule has 0 saturated heterocycles. The SMILES string of the molecule is CC1(C)C(C=C(Br)c2ccccc2)C1C(=O)OCc1cccc(Oc2ccccc2)c1. The molecule has 3 aromatic carbocycles. The van der Waals surface area contributed by atoms with Crippen LogP contribution in [0.25, 0.3) is 4.48 Å². The van der Waals surface area contributed by atoms with Crippen LogP contribution in [0.1, 0.15) is 25.0 Å². The first-order chi connectivity index (χ1) is 14.9. The molecule has 1 aliphatic rings. The van der Waals surface area contributed by atoms with Gasteiger partial charge in [-0.3, -0.25) is 4.79 Å². The molecule has 158 valence electrons. The van der Waals surface area contributed by atoms with E-state index in [1.807, 2.05) is 84.9 Å². The van der Waals surface area contributed by atoms with Crippen LogP contribution in [-0.4, -0.2) is 5.97 Å². The zero-order valence-electron chi connectivity index (χ0n) is 17.6. The van der Waals surface area contributed by atoms with Gasteiger partial charge in [0.1, 0.15) is 18.1 Å². The summed E-state index contributed by atoms with van der Waals surface area (Å²) in [5.41, 5.74) is 1.88. The van der Waals surface area contributed by atoms with Crippen molar-refractivity contribution in [3.63, 3.8) is 0 Å². The summed E-state index contributed by atoms with van der Waals surface area (Å²) in [5.74, 6) is 1.33. The Morgan fingerprint density at radius 1 is 0.935 bits per heavy atom. The van der Waals surface area contributed by atoms with Crippen LogP contribution in [0, 0.1) is 17.3 Å². The molecule has 0 heterocycles. The Bertz CT molecular complexity index is 1070. The first kappa shape index (κ1) is 21.4. The van der Waals surface area contributed by atoms with Gasteiger partial charge in [0.25, 0.3) is 0 Å². The highest BCUT2D eigenvalue weighted by atomic mass is 79.9. The third-order valence-corrected chi connectivity index (χ3v) is 6.52. The lowest BCUT2D eigenvalue weighted by Crippen LogP contribution is -2.10. The fourth-order valence-corrected chi connectivity index (χ4v) is 4.41. The van der Waals surface area contributed by atoms with Gasteiger partial charge in [0.15, 0.2) is 0 Å². The molecular weight excluding hydrogens is 452 g/mol. The Balaban J connectivity index is 1.37. The molecule has 1 fully saturated rings. The highest BCUT2D eigenvalue weighted by Crippen LogP contribution is 2.60. The van der Waals surface area contributed by atoms with Crippen molar-refractivity contribution in [1.82, 2.24) is 0 Å². The maximum atomic E-state index is 12.8. The van der Waals surface area contributed by atoms with Crippen molar-refractivity contribution in [2.24, 2.45) is 17.3 Å². The molecule has 0 bridgehead atoms. The number of esters is 1. The fourth-order valence-electron chi connectivity index (χ4n) is 3.86. The molecule has 3 nitrogen and oxygen atoms in total. The molecule has 0 spiro atoms. The molecule has 1 aliphatic carbocycles. The Labute approximate surface area is 191 Å². The number of carbonyl (C=O) groups is 1. The predicted octanol–water partition coefficient (Wildman–Crippen LogP) is 7.23. The molecule has 0 amide bonds. The van der Waals surface area contributed by atoms with Crippen LogP contribution < -0.4 is 4.74 Å². The quantitative estimate of drug-likeness (QED) is 0.337. The minimum Gasteiger partial charge on any atom is -0.461 e. The van der Waals surface area contributed by atoms with Crippen LogP contribution in [0.5, 0.6) is 11.5 Å². The number of hydrogen-bond donors (Lipinski definition) is 0. The monoisotopic (exact) mass is 476 g/mol. The summed E-state index contributed by atoms with van der Waals surface area (Å²) in [6, 6.07) is 27.4. The van der Waals surface area contributed by atoms with E-state index < -0.39 is 0 Å². The van der Waals surface area contributed by atoms with Crippen molar-refractivity contribution < 1.29 is 14.3 Å². The lowest BCUT2D eigenvalue weighted by molar-refractivity contribution is -0.147. The van der Waals surface area contributed by atoms with Gasteiger partial charge < -0.3 is 9.47 Å². The van der Waals surface area contributed by atoms with Gasteiger partial charge in [0.05, 0.1) is 5.92 Å². The molecule has 0 aliphatic heterocycles. The molecule has 2 unspecified atom stereocenters. The van der Waals surface area contributed by atoms with E-state index in [2.05, 4.69) is 35.9 Å². The van der Waals surface area contributed by atoms with Crippen molar-refractivity contribution in [1.29, 1.82) is 0 Å². The van der Waals surface area contributed by atoms with Crippen LogP contribution >= 0.6 is 15.9 Å². The predicted molar refractivity (Wildman–Crippen MR) is 127 cm³/mol. The fraction of sp³-hybridized carbons (Fsp3) is 0.222. The normalized spacial score (nSPS) is 19.5. The van der Waals surface area contributed by atoms with Crippen molar-refractivity contribution in [2.45, 2.75) is 20.5 Å². The Morgan fingerprint density at radius 3 is 2.29 bits per heavy atom. The van der Waals surface area contributed by atoms with Crippen molar-refractivity contribution in [3.05, 3.63) is 102 Å². The number of para-hydroxylation sites is 1. The molecule has 31 heavy (non-hydrogen) atoms. The highest BCUT2D eigenvalue weighted by molar-refractivity contribution is 9.15. The topological polar surface area (TPSA) is 35.5 Å². The number of allylic oxidation sites excluding steroid dienone is 1. The van der Waals surface area contributed by atoms with Crippen molar-refractivity contribution in [2.75, 3.05) is 0 Å². The van der Waals surface area contributed by atoms with Crippen LogP contribution in [0.3, 0.4) is 0 Å². The van der Waals surface area contributed by atoms with E-state index in [0.29, 0.717) is 0 Å². The van der Waals surface area contributed by atoms with Gasteiger partial charge in [-0.2, -0.15) is 0 Å². The molecule has 2 atom stereocenters. The lowest BCUT2D eigenvalue weighted by Gasteiger charge is -2.09. The average Bonchev–Trinajstić information content (AvgIpc) is 3.33. The zero-order chi connectivity index (χ0) is 21.8. The van der Waals surface area contributed by atoms with E-state index in [1.165, 1.54) is 0 Å². The number of rotatable bonds is 7. The molecule has 4 heteroatoms. The number of benzene rings is 3. The zero-order valence-corrected chi connectivity index (χ0v) is 19.2. The van der Waals surface area contributed by atoms with Crippen molar-refractivity contribution in [3.8, 4) is 11.5 Å². The second kappa shape index (κ2) is 9.11. The summed E-state index contributed by atoms with van der Waals surface area (Å²) in [5, 5.41) is 0. The van der Waals surface area contributed by atoms with Gasteiger partial charge in [0, 0.05) is 4.48 Å². The smallest absolute Gasteiger partial charge is 0.310 e. The molecule has 3 aromatic rings. The average molecular weight is 477 g/mol. The van der Waals surface area contributed by atoms with Crippen LogP contribution in [0.4, 0.5) is 0 Å². The number of ether oxygens (including phenoxy) is 2. The standard InChI is InChI=1S/C27H25BrO3/c1-27(2)23(17-24(28)20-11-5-3-6-12-20)25(27)26(29)30-18-19-10-9-15-22(16-19)31-21-13-7-4-8-14-21/h3-17,23,25H,18H2,1-2H3. The second-order valence-electron chi connectivity index (χ2n) is 8.38. The Hall–Kier alpha value is -2.85. The molecule has 1 saturated carbocycles. The van der Waals surface area contributed by atoms with Gasteiger partial charge in [-0.1, -0.05) is 96.5 Å². The highest BCUT2D eigenvalue weighted by Gasteiger charge is 2.61. The van der Waals surface area contributed by atoms with E-state index in [-0.39, 0.29) is 29.8 Å². The number of hydrogen-bond acceptors (Lipinski definition) is 3. The van der Waals surface area contributed by atoms with Gasteiger partial charge in [0.2, 0.25) is 0 Å². The Morgan fingerprint density at radius 2 is 1.58 bits per heavy atom. The molecule has 0 radical (unpaired) electrons. The molecule has 0 aromatic heterocycles. The van der Waals surface area contributed by atoms with Gasteiger partial charge in [-0.25, -0.2) is 0 Å². The molecule has 0 N–H and O–H groups in total. The second-order valence-corrected chi connectivity index (χ2v) is 9.23. The summed E-state index contributed by atoms with van der Waals surface area (Å²) in [6.45, 7) is 4.45. The van der Waals surface area contributed by atoms with E-state index in [0.717, 1.165) is 27.1 Å². The summed E-state index contributed by atoms with van der Waals surface area (Å²) < 4.78 is 12.5. The summed E-state index contributed by atoms with van der Waals surface area (Å²) in [4.78, 5) is 12.8. The number of halogens is 1. The maximum Gasteiger partial charge on any atom is 0.310 e. The summed E-state index contributed by atoms with van der Waals surface area (Å²) in [6.07, 6.45) is 2.13. The third-order valence-electron chi connectivity index (χ3n) is 5.80.